The molecule has 0 aliphatic heterocycles. The van der Waals surface area contributed by atoms with Crippen LogP contribution in [-0.4, -0.2) is 33.2 Å². The summed E-state index contributed by atoms with van der Waals surface area (Å²) in [6, 6.07) is 10.4. The predicted molar refractivity (Wildman–Crippen MR) is 110 cm³/mol. The van der Waals surface area contributed by atoms with Crippen molar-refractivity contribution in [2.45, 2.75) is 43.6 Å². The minimum absolute atomic E-state index is 0.0193. The van der Waals surface area contributed by atoms with Gasteiger partial charge < -0.3 is 14.9 Å². The van der Waals surface area contributed by atoms with Gasteiger partial charge in [-0.25, -0.2) is 18.2 Å². The van der Waals surface area contributed by atoms with Crippen LogP contribution in [0.2, 0.25) is 0 Å². The molecular weight excluding hydrogens is 423 g/mol. The van der Waals surface area contributed by atoms with Gasteiger partial charge in [0.1, 0.15) is 17.7 Å². The highest BCUT2D eigenvalue weighted by Crippen LogP contribution is 2.52. The number of rotatable bonds is 5. The highest BCUT2D eigenvalue weighted by atomic mass is 19.3. The average molecular weight is 443 g/mol. The third-order valence-corrected chi connectivity index (χ3v) is 6.31. The molecule has 1 heterocycles. The monoisotopic (exact) mass is 443 g/mol. The minimum atomic E-state index is -2.76. The summed E-state index contributed by atoms with van der Waals surface area (Å²) in [6.45, 7) is 0. The largest absolute Gasteiger partial charge is 0.508 e. The Hall–Kier alpha value is -3.29. The van der Waals surface area contributed by atoms with Crippen molar-refractivity contribution in [1.29, 1.82) is 0 Å². The van der Waals surface area contributed by atoms with Crippen LogP contribution in [0.5, 0.6) is 11.6 Å². The van der Waals surface area contributed by atoms with Crippen LogP contribution in [-0.2, 0) is 4.79 Å². The molecule has 0 spiro atoms. The van der Waals surface area contributed by atoms with Gasteiger partial charge in [-0.2, -0.15) is 0 Å². The van der Waals surface area contributed by atoms with Crippen molar-refractivity contribution in [2.24, 2.45) is 5.92 Å². The number of halogens is 3. The second kappa shape index (κ2) is 7.39. The lowest BCUT2D eigenvalue weighted by Gasteiger charge is -2.37. The number of pyridine rings is 1. The lowest BCUT2D eigenvalue weighted by molar-refractivity contribution is -0.148. The molecule has 2 saturated carbocycles. The van der Waals surface area contributed by atoms with E-state index in [0.717, 1.165) is 0 Å². The highest BCUT2D eigenvalue weighted by molar-refractivity contribution is 6.01. The van der Waals surface area contributed by atoms with E-state index in [4.69, 9.17) is 9.84 Å². The number of phenols is 1. The lowest BCUT2D eigenvalue weighted by Crippen LogP contribution is -2.38. The van der Waals surface area contributed by atoms with E-state index in [0.29, 0.717) is 40.4 Å². The maximum atomic E-state index is 13.7. The van der Waals surface area contributed by atoms with Gasteiger partial charge in [-0.3, -0.25) is 4.79 Å². The highest BCUT2D eigenvalue weighted by Gasteiger charge is 2.48. The summed E-state index contributed by atoms with van der Waals surface area (Å²) in [4.78, 5) is 15.7. The summed E-state index contributed by atoms with van der Waals surface area (Å²) in [7, 11) is 0. The van der Waals surface area contributed by atoms with Gasteiger partial charge in [0.25, 0.3) is 0 Å². The summed E-state index contributed by atoms with van der Waals surface area (Å²) < 4.78 is 47.0. The predicted octanol–water partition coefficient (Wildman–Crippen LogP) is 5.50. The van der Waals surface area contributed by atoms with Gasteiger partial charge in [0.05, 0.1) is 11.6 Å². The molecule has 32 heavy (non-hydrogen) atoms. The first-order valence-corrected chi connectivity index (χ1v) is 10.4. The summed E-state index contributed by atoms with van der Waals surface area (Å²) in [5.74, 6) is -4.89. The van der Waals surface area contributed by atoms with E-state index in [1.54, 1.807) is 18.2 Å². The molecule has 2 N–H and O–H groups in total. The molecule has 8 heteroatoms. The van der Waals surface area contributed by atoms with Crippen molar-refractivity contribution < 1.29 is 32.9 Å². The summed E-state index contributed by atoms with van der Waals surface area (Å²) >= 11 is 0. The molecule has 0 saturated heterocycles. The number of nitrogens with zero attached hydrogens (tertiary/aromatic N) is 1. The Morgan fingerprint density at radius 2 is 1.75 bits per heavy atom. The van der Waals surface area contributed by atoms with E-state index >= 15 is 0 Å². The van der Waals surface area contributed by atoms with Gasteiger partial charge in [0.2, 0.25) is 11.8 Å². The van der Waals surface area contributed by atoms with Crippen LogP contribution in [0.1, 0.15) is 37.3 Å². The molecule has 5 nitrogen and oxygen atoms in total. The third-order valence-electron chi connectivity index (χ3n) is 6.31. The average Bonchev–Trinajstić information content (AvgIpc) is 2.68. The Labute approximate surface area is 181 Å². The fraction of sp³-hybridized carbons (Fsp3) is 0.333. The second-order valence-electron chi connectivity index (χ2n) is 8.62. The maximum absolute atomic E-state index is 13.7. The zero-order valence-corrected chi connectivity index (χ0v) is 16.9. The summed E-state index contributed by atoms with van der Waals surface area (Å²) in [5, 5.41) is 20.3. The number of aromatic nitrogens is 1. The molecule has 2 aliphatic rings. The fourth-order valence-corrected chi connectivity index (χ4v) is 4.47. The molecule has 0 bridgehead atoms. The van der Waals surface area contributed by atoms with Crippen molar-refractivity contribution in [2.75, 3.05) is 0 Å². The molecule has 0 amide bonds. The topological polar surface area (TPSA) is 79.7 Å². The number of alkyl halides is 2. The SMILES string of the molecule is O=C(O)[C@H]1C[C@H](Oc2nc(C3CC(F)(F)C3)c(-c3ccc(F)cc3)c3ccc(O)cc23)C1. The number of hydrogen-bond acceptors (Lipinski definition) is 4. The Morgan fingerprint density at radius 3 is 2.38 bits per heavy atom. The first-order chi connectivity index (χ1) is 15.2. The van der Waals surface area contributed by atoms with Gasteiger partial charge in [-0.1, -0.05) is 12.1 Å². The maximum Gasteiger partial charge on any atom is 0.306 e. The number of hydrogen-bond donors (Lipinski definition) is 2. The molecule has 2 aliphatic carbocycles. The van der Waals surface area contributed by atoms with Gasteiger partial charge in [-0.05, 0) is 54.1 Å². The van der Waals surface area contributed by atoms with E-state index in [2.05, 4.69) is 4.98 Å². The number of phenolic OH excluding ortho intramolecular Hbond substituents is 1. The Morgan fingerprint density at radius 1 is 1.06 bits per heavy atom. The Balaban J connectivity index is 1.64. The molecule has 1 aromatic heterocycles. The van der Waals surface area contributed by atoms with Gasteiger partial charge in [-0.15, -0.1) is 0 Å². The summed E-state index contributed by atoms with van der Waals surface area (Å²) in [6.07, 6.45) is -0.396. The number of aliphatic carboxylic acids is 1. The van der Waals surface area contributed by atoms with E-state index in [1.165, 1.54) is 24.3 Å². The molecular formula is C24H20F3NO4. The van der Waals surface area contributed by atoms with Crippen LogP contribution in [0.15, 0.2) is 42.5 Å². The summed E-state index contributed by atoms with van der Waals surface area (Å²) in [5.41, 5.74) is 1.66. The minimum Gasteiger partial charge on any atom is -0.508 e. The van der Waals surface area contributed by atoms with Crippen molar-refractivity contribution in [3.8, 4) is 22.8 Å². The van der Waals surface area contributed by atoms with E-state index in [1.807, 2.05) is 0 Å². The smallest absolute Gasteiger partial charge is 0.306 e. The van der Waals surface area contributed by atoms with Gasteiger partial charge >= 0.3 is 5.97 Å². The number of carboxylic acids is 1. The molecule has 0 atom stereocenters. The first-order valence-electron chi connectivity index (χ1n) is 10.4. The Bertz CT molecular complexity index is 1200. The zero-order valence-electron chi connectivity index (χ0n) is 16.9. The van der Waals surface area contributed by atoms with Crippen LogP contribution in [0, 0.1) is 11.7 Å². The standard InChI is InChI=1S/C24H20F3NO4/c25-15-3-1-12(2-4-15)20-18-6-5-16(29)9-19(18)22(32-17-7-13(8-17)23(30)31)28-21(20)14-10-24(26,27)11-14/h1-6,9,13-14,17,29H,7-8,10-11H2,(H,30,31)/t13-,17-. The number of benzene rings is 2. The molecule has 0 radical (unpaired) electrons. The van der Waals surface area contributed by atoms with E-state index in [9.17, 15) is 23.1 Å². The van der Waals surface area contributed by atoms with Crippen LogP contribution in [0.25, 0.3) is 21.9 Å². The van der Waals surface area contributed by atoms with Gasteiger partial charge in [0, 0.05) is 29.7 Å². The Kier molecular flexibility index (Phi) is 4.76. The quantitative estimate of drug-likeness (QED) is 0.544. The van der Waals surface area contributed by atoms with Crippen LogP contribution in [0.4, 0.5) is 13.2 Å². The third kappa shape index (κ3) is 3.63. The van der Waals surface area contributed by atoms with Crippen molar-refractivity contribution in [3.63, 3.8) is 0 Å². The van der Waals surface area contributed by atoms with Crippen LogP contribution >= 0.6 is 0 Å². The van der Waals surface area contributed by atoms with Crippen LogP contribution in [0.3, 0.4) is 0 Å². The molecule has 5 rings (SSSR count). The second-order valence-corrected chi connectivity index (χ2v) is 8.62. The number of fused-ring (bicyclic) bond motifs is 1. The molecule has 2 fully saturated rings. The van der Waals surface area contributed by atoms with Crippen LogP contribution < -0.4 is 4.74 Å². The lowest BCUT2D eigenvalue weighted by atomic mass is 9.76. The van der Waals surface area contributed by atoms with E-state index in [-0.39, 0.29) is 30.6 Å². The fourth-order valence-electron chi connectivity index (χ4n) is 4.47. The molecule has 166 valence electrons. The van der Waals surface area contributed by atoms with Crippen molar-refractivity contribution in [3.05, 3.63) is 54.0 Å². The van der Waals surface area contributed by atoms with Gasteiger partial charge in [0.15, 0.2) is 0 Å². The molecule has 2 aromatic carbocycles. The van der Waals surface area contributed by atoms with Crippen molar-refractivity contribution >= 4 is 16.7 Å². The first kappa shape index (κ1) is 20.6. The number of carbonyl (C=O) groups is 1. The van der Waals surface area contributed by atoms with E-state index < -0.39 is 29.5 Å². The molecule has 0 unspecified atom stereocenters. The van der Waals surface area contributed by atoms with Crippen molar-refractivity contribution in [1.82, 2.24) is 4.98 Å². The zero-order chi connectivity index (χ0) is 22.6. The normalized spacial score (nSPS) is 22.2. The number of aromatic hydroxyl groups is 1. The molecule has 3 aromatic rings. The number of ether oxygens (including phenoxy) is 1. The number of carboxylic acid groups (broad SMARTS) is 1.